The summed E-state index contributed by atoms with van der Waals surface area (Å²) in [6.45, 7) is 28.4. The van der Waals surface area contributed by atoms with Crippen molar-refractivity contribution in [2.45, 2.75) is 412 Å². The van der Waals surface area contributed by atoms with Gasteiger partial charge in [0.1, 0.15) is 47.5 Å². The fourth-order valence-corrected chi connectivity index (χ4v) is 38.8. The Morgan fingerprint density at radius 3 is 0.978 bits per heavy atom. The minimum Gasteiger partial charge on any atom is -0.390 e. The standard InChI is InChI=1S/3C29H40ClN3O2.C23H37BrO2.4CH4/c1-4-29-14-13-27(2,35)16-18(29)5-7-20-21-8-9-23(28(21,3)12-11-22(20)29)26(34)17-33-25-10-6-19(30)15-24(25)31-32-33;1-4-29-14-13-27(2,35)16-18(29)5-7-20-21-8-9-23(28(21,3)12-11-22(20)29)26(34)17-33-25-15-19(30)6-10-24(25)31-32-33;1-4-29-14-13-27(2,35)16-18(29)5-7-20-21-8-9-23(28(21,3)12-11-22(20)29)26(34)17-33-31-24-10-6-19(30)15-25(24)32-33;1-4-23-12-11-21(2,26)13-15(23)5-6-16-17-7-8-19(20(25)14-24)22(17,3)10-9-18(16)23;;;;/h3*6,10,15,18,20-23,35H,4-5,7-9,11-14,16-17H2,1-3H3;15-19,26H,4-14H2,1-3H3;4*1H4/t3*18-,20-,21-,22-,23+,27+,28-,29-;15-,16-,17-,18-,19+,21+,22-,23-;;;;/m0000..../s1. The molecule has 3 aromatic carbocycles. The summed E-state index contributed by atoms with van der Waals surface area (Å²) in [5.41, 5.74) is 5.05. The van der Waals surface area contributed by atoms with Gasteiger partial charge in [0.2, 0.25) is 0 Å². The Morgan fingerprint density at radius 1 is 0.333 bits per heavy atom. The van der Waals surface area contributed by atoms with E-state index in [1.165, 1.54) is 161 Å². The van der Waals surface area contributed by atoms with E-state index in [1.807, 2.05) is 54.6 Å². The lowest BCUT2D eigenvalue weighted by Gasteiger charge is -2.63. The molecule has 21 heteroatoms. The zero-order chi connectivity index (χ0) is 92.5. The van der Waals surface area contributed by atoms with Gasteiger partial charge in [-0.1, -0.05) is 146 Å². The zero-order valence-corrected chi connectivity index (χ0v) is 85.2. The van der Waals surface area contributed by atoms with Gasteiger partial charge >= 0.3 is 0 Å². The van der Waals surface area contributed by atoms with E-state index >= 15 is 0 Å². The number of alkyl halides is 1. The number of carbonyl (C=O) groups is 4. The fraction of sp³-hybridized carbons (Fsp3) is 0.807. The Balaban J connectivity index is 0.000000137. The Labute approximate surface area is 834 Å². The minimum absolute atomic E-state index is 0. The molecule has 32 atom stereocenters. The normalized spacial score (nSPS) is 43.7. The summed E-state index contributed by atoms with van der Waals surface area (Å²) in [6.07, 6.45) is 46.5. The summed E-state index contributed by atoms with van der Waals surface area (Å²) in [7, 11) is 0. The summed E-state index contributed by atoms with van der Waals surface area (Å²) < 4.78 is 3.51. The van der Waals surface area contributed by atoms with Gasteiger partial charge in [0.05, 0.1) is 38.8 Å². The lowest BCUT2D eigenvalue weighted by molar-refractivity contribution is -0.158. The van der Waals surface area contributed by atoms with E-state index in [-0.39, 0.29) is 88.1 Å². The topological polar surface area (TPSA) is 241 Å². The van der Waals surface area contributed by atoms with Crippen molar-refractivity contribution in [3.63, 3.8) is 0 Å². The third-order valence-corrected chi connectivity index (χ3v) is 45.4. The Morgan fingerprint density at radius 2 is 0.630 bits per heavy atom. The van der Waals surface area contributed by atoms with Crippen molar-refractivity contribution in [3.05, 3.63) is 69.7 Å². The largest absolute Gasteiger partial charge is 0.390 e. The number of rotatable bonds is 15. The van der Waals surface area contributed by atoms with Gasteiger partial charge in [0.15, 0.2) is 17.3 Å². The Bertz CT molecular complexity index is 5240. The van der Waals surface area contributed by atoms with Gasteiger partial charge < -0.3 is 20.4 Å². The monoisotopic (exact) mass is 1980 g/mol. The first-order valence-electron chi connectivity index (χ1n) is 52.8. The second-order valence-corrected chi connectivity index (χ2v) is 51.4. The molecule has 135 heavy (non-hydrogen) atoms. The SMILES string of the molecule is C.C.C.C.CC[C@]12CC[C@@](C)(O)C[C@@H]1CC[C@H]1[C@@H]3CC[C@H](C(=O)CBr)[C@@]3(C)CC[C@@H]12.CC[C@]12CC[C@@](C)(O)C[C@@H]1CC[C@H]1[C@@H]3CC[C@H](C(=O)Cn4nc5ccc(Cl)cc5n4)[C@@]3(C)CC[C@@H]12.CC[C@]12CC[C@@](C)(O)C[C@@H]1CC[C@H]1[C@@H]3CC[C@H](C(=O)Cn4nnc5cc(Cl)ccc54)[C@@]3(C)CC[C@@H]12.CC[C@]12CC[C@@](C)(O)C[C@@H]1CC[C@H]1[C@@H]3CC[C@H](C(=O)Cn4nnc5ccc(Cl)cc54)[C@@]3(C)CC[C@@H]12. The lowest BCUT2D eigenvalue weighted by Crippen LogP contribution is -2.56. The Kier molecular flexibility index (Phi) is 30.4. The molecular weight excluding hydrogens is 1810 g/mol. The van der Waals surface area contributed by atoms with Gasteiger partial charge in [-0.15, -0.1) is 10.2 Å². The van der Waals surface area contributed by atoms with E-state index in [4.69, 9.17) is 34.8 Å². The van der Waals surface area contributed by atoms with Crippen molar-refractivity contribution in [1.82, 2.24) is 45.0 Å². The molecule has 0 aliphatic heterocycles. The highest BCUT2D eigenvalue weighted by molar-refractivity contribution is 9.09. The molecule has 0 saturated heterocycles. The zero-order valence-electron chi connectivity index (χ0n) is 81.3. The summed E-state index contributed by atoms with van der Waals surface area (Å²) in [5, 5.41) is 71.8. The number of Topliss-reactive ketones (excluding diaryl/α,β-unsaturated/α-hetero) is 4. The van der Waals surface area contributed by atoms with Crippen molar-refractivity contribution in [2.24, 2.45) is 162 Å². The van der Waals surface area contributed by atoms with E-state index < -0.39 is 22.4 Å². The van der Waals surface area contributed by atoms with Crippen molar-refractivity contribution in [1.29, 1.82) is 0 Å². The minimum atomic E-state index is -0.486. The molecule has 0 amide bonds. The van der Waals surface area contributed by atoms with Crippen LogP contribution in [0.25, 0.3) is 33.1 Å². The maximum absolute atomic E-state index is 13.7. The molecule has 4 N–H and O–H groups in total. The molecule has 16 aliphatic carbocycles. The number of ketones is 4. The number of benzene rings is 3. The number of carbonyl (C=O) groups excluding carboxylic acids is 4. The molecular formula is C114H173BrCl3N9O8. The van der Waals surface area contributed by atoms with E-state index in [2.05, 4.69) is 130 Å². The first-order chi connectivity index (χ1) is 62.3. The van der Waals surface area contributed by atoms with Crippen LogP contribution in [0.5, 0.6) is 0 Å². The third kappa shape index (κ3) is 18.0. The number of nitrogens with zero attached hydrogens (tertiary/aromatic N) is 9. The predicted octanol–water partition coefficient (Wildman–Crippen LogP) is 27.7. The van der Waals surface area contributed by atoms with Crippen LogP contribution in [-0.4, -0.2) is 116 Å². The smallest absolute Gasteiger partial charge is 0.159 e. The number of aromatic nitrogens is 9. The van der Waals surface area contributed by atoms with Crippen LogP contribution in [0.3, 0.4) is 0 Å². The van der Waals surface area contributed by atoms with Gasteiger partial charge in [-0.25, -0.2) is 9.36 Å². The highest BCUT2D eigenvalue weighted by Gasteiger charge is 2.69. The van der Waals surface area contributed by atoms with Crippen LogP contribution in [0, 0.1) is 162 Å². The molecule has 22 rings (SSSR count). The predicted molar refractivity (Wildman–Crippen MR) is 550 cm³/mol. The second kappa shape index (κ2) is 39.0. The average Bonchev–Trinajstić information content (AvgIpc) is 1.65. The lowest BCUT2D eigenvalue weighted by atomic mass is 9.42. The van der Waals surface area contributed by atoms with E-state index in [1.54, 1.807) is 14.2 Å². The number of aliphatic hydroxyl groups is 4. The van der Waals surface area contributed by atoms with Crippen LogP contribution < -0.4 is 0 Å². The Hall–Kier alpha value is -4.27. The first-order valence-corrected chi connectivity index (χ1v) is 55.1. The summed E-state index contributed by atoms with van der Waals surface area (Å²) in [5.74, 6) is 13.5. The van der Waals surface area contributed by atoms with Crippen molar-refractivity contribution >= 4 is 107 Å². The third-order valence-electron chi connectivity index (χ3n) is 44.2. The number of fused-ring (bicyclic) bond motifs is 23. The molecule has 0 bridgehead atoms. The molecule has 0 radical (unpaired) electrons. The van der Waals surface area contributed by atoms with Gasteiger partial charge in [-0.05, 0) is 477 Å². The number of hydrogen-bond acceptors (Lipinski definition) is 14. The fourth-order valence-electron chi connectivity index (χ4n) is 37.9. The molecule has 17 nitrogen and oxygen atoms in total. The van der Waals surface area contributed by atoms with Gasteiger partial charge in [0, 0.05) is 38.7 Å². The molecule has 3 aromatic heterocycles. The maximum atomic E-state index is 13.7. The summed E-state index contributed by atoms with van der Waals surface area (Å²) in [4.78, 5) is 55.3. The van der Waals surface area contributed by atoms with Crippen LogP contribution in [-0.2, 0) is 38.8 Å². The molecule has 16 fully saturated rings. The van der Waals surface area contributed by atoms with Gasteiger partial charge in [-0.3, -0.25) is 19.2 Å². The van der Waals surface area contributed by atoms with Crippen molar-refractivity contribution in [3.8, 4) is 0 Å². The van der Waals surface area contributed by atoms with Crippen LogP contribution in [0.1, 0.15) is 370 Å². The maximum Gasteiger partial charge on any atom is 0.159 e. The van der Waals surface area contributed by atoms with Crippen LogP contribution in [0.15, 0.2) is 54.6 Å². The molecule has 750 valence electrons. The quantitative estimate of drug-likeness (QED) is 0.0699. The van der Waals surface area contributed by atoms with Crippen LogP contribution >= 0.6 is 50.7 Å². The summed E-state index contributed by atoms with van der Waals surface area (Å²) >= 11 is 21.9. The second-order valence-electron chi connectivity index (χ2n) is 49.6. The van der Waals surface area contributed by atoms with Crippen LogP contribution in [0.2, 0.25) is 15.1 Å². The average molecular weight is 1980 g/mol. The van der Waals surface area contributed by atoms with E-state index in [9.17, 15) is 39.6 Å². The molecule has 3 heterocycles. The molecule has 0 unspecified atom stereocenters. The highest BCUT2D eigenvalue weighted by Crippen LogP contribution is 2.75. The number of halogens is 4. The molecule has 6 aromatic rings. The highest BCUT2D eigenvalue weighted by atomic mass is 79.9. The van der Waals surface area contributed by atoms with E-state index in [0.717, 1.165) is 183 Å². The van der Waals surface area contributed by atoms with E-state index in [0.29, 0.717) is 113 Å². The van der Waals surface area contributed by atoms with Crippen LogP contribution in [0.4, 0.5) is 0 Å². The molecule has 0 spiro atoms. The molecule has 16 aliphatic rings. The van der Waals surface area contributed by atoms with Crippen molar-refractivity contribution in [2.75, 3.05) is 5.33 Å². The number of hydrogen-bond donors (Lipinski definition) is 4. The van der Waals surface area contributed by atoms with Gasteiger partial charge in [-0.2, -0.15) is 15.0 Å². The first kappa shape index (κ1) is 105. The molecule has 16 saturated carbocycles. The summed E-state index contributed by atoms with van der Waals surface area (Å²) in [6, 6.07) is 16.6. The van der Waals surface area contributed by atoms with Crippen molar-refractivity contribution < 1.29 is 39.6 Å². The van der Waals surface area contributed by atoms with Gasteiger partial charge in [0.25, 0.3) is 0 Å².